The fraction of sp³-hybridized carbons (Fsp3) is 0.0667. The van der Waals surface area contributed by atoms with Crippen LogP contribution < -0.4 is 5.32 Å². The molecule has 2 aromatic heterocycles. The number of carbonyl (C=O) groups is 1. The highest BCUT2D eigenvalue weighted by atomic mass is 79.9. The number of benzene rings is 1. The molecule has 0 aliphatic carbocycles. The largest absolute Gasteiger partial charge is 0.322 e. The molecule has 0 aliphatic heterocycles. The van der Waals surface area contributed by atoms with E-state index in [2.05, 4.69) is 26.2 Å². The van der Waals surface area contributed by atoms with Crippen LogP contribution in [0.15, 0.2) is 53.4 Å². The first-order chi connectivity index (χ1) is 9.65. The molecule has 20 heavy (non-hydrogen) atoms. The Hall–Kier alpha value is -2.14. The second-order valence-corrected chi connectivity index (χ2v) is 5.35. The Kier molecular flexibility index (Phi) is 3.28. The van der Waals surface area contributed by atoms with Gasteiger partial charge in [0.25, 0.3) is 5.91 Å². The molecule has 0 aliphatic rings. The molecule has 3 rings (SSSR count). The molecule has 3 aromatic rings. The molecule has 1 aromatic carbocycles. The number of nitrogens with zero attached hydrogens (tertiary/aromatic N) is 2. The third-order valence-corrected chi connectivity index (χ3v) is 3.97. The maximum atomic E-state index is 12.3. The Labute approximate surface area is 124 Å². The van der Waals surface area contributed by atoms with Crippen molar-refractivity contribution in [2.75, 3.05) is 5.32 Å². The van der Waals surface area contributed by atoms with E-state index in [0.717, 1.165) is 15.7 Å². The van der Waals surface area contributed by atoms with E-state index < -0.39 is 0 Å². The standard InChI is InChI=1S/C15H12BrN3O/c1-10-9-11(4-5-13(10)16)18-15(20)12-3-2-7-19-8-6-17-14(12)19/h2-9H,1H3,(H,18,20). The second-order valence-electron chi connectivity index (χ2n) is 4.50. The van der Waals surface area contributed by atoms with Gasteiger partial charge in [0, 0.05) is 28.8 Å². The normalized spacial score (nSPS) is 10.7. The zero-order valence-electron chi connectivity index (χ0n) is 10.8. The van der Waals surface area contributed by atoms with Gasteiger partial charge in [0.2, 0.25) is 0 Å². The number of nitrogens with one attached hydrogen (secondary N) is 1. The lowest BCUT2D eigenvalue weighted by atomic mass is 10.2. The summed E-state index contributed by atoms with van der Waals surface area (Å²) in [6.07, 6.45) is 5.36. The van der Waals surface area contributed by atoms with Crippen LogP contribution in [0.1, 0.15) is 15.9 Å². The predicted octanol–water partition coefficient (Wildman–Crippen LogP) is 3.66. The third-order valence-electron chi connectivity index (χ3n) is 3.08. The number of anilines is 1. The van der Waals surface area contributed by atoms with Crippen molar-refractivity contribution >= 4 is 33.2 Å². The van der Waals surface area contributed by atoms with Gasteiger partial charge in [0.1, 0.15) is 5.65 Å². The first-order valence-electron chi connectivity index (χ1n) is 6.14. The van der Waals surface area contributed by atoms with Crippen molar-refractivity contribution in [2.24, 2.45) is 0 Å². The number of fused-ring (bicyclic) bond motifs is 1. The lowest BCUT2D eigenvalue weighted by molar-refractivity contribution is 0.102. The topological polar surface area (TPSA) is 46.4 Å². The monoisotopic (exact) mass is 329 g/mol. The molecule has 0 radical (unpaired) electrons. The van der Waals surface area contributed by atoms with Crippen LogP contribution in [0.4, 0.5) is 5.69 Å². The van der Waals surface area contributed by atoms with Crippen molar-refractivity contribution in [3.05, 3.63) is 64.5 Å². The summed E-state index contributed by atoms with van der Waals surface area (Å²) in [7, 11) is 0. The number of aryl methyl sites for hydroxylation is 1. The van der Waals surface area contributed by atoms with Crippen LogP contribution in [0, 0.1) is 6.92 Å². The Morgan fingerprint density at radius 3 is 2.95 bits per heavy atom. The first-order valence-corrected chi connectivity index (χ1v) is 6.93. The van der Waals surface area contributed by atoms with Crippen LogP contribution in [0.2, 0.25) is 0 Å². The molecular weight excluding hydrogens is 318 g/mol. The van der Waals surface area contributed by atoms with Gasteiger partial charge in [-0.05, 0) is 42.8 Å². The van der Waals surface area contributed by atoms with E-state index in [4.69, 9.17) is 0 Å². The summed E-state index contributed by atoms with van der Waals surface area (Å²) in [5.41, 5.74) is 3.04. The number of halogens is 1. The number of imidazole rings is 1. The predicted molar refractivity (Wildman–Crippen MR) is 82.0 cm³/mol. The Morgan fingerprint density at radius 1 is 1.30 bits per heavy atom. The zero-order valence-corrected chi connectivity index (χ0v) is 12.4. The van der Waals surface area contributed by atoms with E-state index in [1.54, 1.807) is 12.3 Å². The van der Waals surface area contributed by atoms with Gasteiger partial charge >= 0.3 is 0 Å². The summed E-state index contributed by atoms with van der Waals surface area (Å²) in [6.45, 7) is 1.98. The first kappa shape index (κ1) is 12.9. The minimum atomic E-state index is -0.163. The fourth-order valence-corrected chi connectivity index (χ4v) is 2.29. The lowest BCUT2D eigenvalue weighted by Crippen LogP contribution is -2.13. The summed E-state index contributed by atoms with van der Waals surface area (Å²) >= 11 is 3.44. The summed E-state index contributed by atoms with van der Waals surface area (Å²) < 4.78 is 2.84. The molecule has 0 bridgehead atoms. The molecular formula is C15H12BrN3O. The van der Waals surface area contributed by atoms with Crippen molar-refractivity contribution in [2.45, 2.75) is 6.92 Å². The van der Waals surface area contributed by atoms with Gasteiger partial charge in [-0.1, -0.05) is 15.9 Å². The highest BCUT2D eigenvalue weighted by Crippen LogP contribution is 2.21. The minimum Gasteiger partial charge on any atom is -0.322 e. The summed E-state index contributed by atoms with van der Waals surface area (Å²) in [5, 5.41) is 2.90. The quantitative estimate of drug-likeness (QED) is 0.779. The Bertz CT molecular complexity index is 795. The van der Waals surface area contributed by atoms with E-state index in [1.165, 1.54) is 0 Å². The maximum absolute atomic E-state index is 12.3. The van der Waals surface area contributed by atoms with Gasteiger partial charge in [-0.3, -0.25) is 4.79 Å². The number of hydrogen-bond donors (Lipinski definition) is 1. The summed E-state index contributed by atoms with van der Waals surface area (Å²) in [5.74, 6) is -0.163. The SMILES string of the molecule is Cc1cc(NC(=O)c2cccn3ccnc23)ccc1Br. The minimum absolute atomic E-state index is 0.163. The van der Waals surface area contributed by atoms with Crippen LogP contribution >= 0.6 is 15.9 Å². The smallest absolute Gasteiger partial charge is 0.259 e. The van der Waals surface area contributed by atoms with Crippen LogP contribution in [0.3, 0.4) is 0 Å². The highest BCUT2D eigenvalue weighted by molar-refractivity contribution is 9.10. The van der Waals surface area contributed by atoms with Crippen molar-refractivity contribution in [1.82, 2.24) is 9.38 Å². The van der Waals surface area contributed by atoms with Crippen LogP contribution in [-0.4, -0.2) is 15.3 Å². The van der Waals surface area contributed by atoms with E-state index in [1.807, 2.05) is 48.0 Å². The van der Waals surface area contributed by atoms with Crippen LogP contribution in [-0.2, 0) is 0 Å². The van der Waals surface area contributed by atoms with Crippen molar-refractivity contribution in [3.8, 4) is 0 Å². The third kappa shape index (κ3) is 2.32. The number of carbonyl (C=O) groups excluding carboxylic acids is 1. The molecule has 0 atom stereocenters. The average molecular weight is 330 g/mol. The molecule has 0 saturated carbocycles. The second kappa shape index (κ2) is 5.09. The van der Waals surface area contributed by atoms with Gasteiger partial charge in [0.15, 0.2) is 0 Å². The highest BCUT2D eigenvalue weighted by Gasteiger charge is 2.11. The van der Waals surface area contributed by atoms with Gasteiger partial charge in [-0.15, -0.1) is 0 Å². The fourth-order valence-electron chi connectivity index (χ4n) is 2.05. The Morgan fingerprint density at radius 2 is 2.15 bits per heavy atom. The maximum Gasteiger partial charge on any atom is 0.259 e. The van der Waals surface area contributed by atoms with Crippen LogP contribution in [0.25, 0.3) is 5.65 Å². The molecule has 1 N–H and O–H groups in total. The Balaban J connectivity index is 1.93. The molecule has 5 heteroatoms. The molecule has 0 unspecified atom stereocenters. The van der Waals surface area contributed by atoms with Crippen molar-refractivity contribution in [1.29, 1.82) is 0 Å². The molecule has 2 heterocycles. The van der Waals surface area contributed by atoms with Crippen molar-refractivity contribution < 1.29 is 4.79 Å². The van der Waals surface area contributed by atoms with Crippen molar-refractivity contribution in [3.63, 3.8) is 0 Å². The number of amides is 1. The summed E-state index contributed by atoms with van der Waals surface area (Å²) in [4.78, 5) is 16.6. The van der Waals surface area contributed by atoms with Gasteiger partial charge < -0.3 is 9.72 Å². The van der Waals surface area contributed by atoms with Gasteiger partial charge in [-0.2, -0.15) is 0 Å². The zero-order chi connectivity index (χ0) is 14.1. The molecule has 0 saturated heterocycles. The van der Waals surface area contributed by atoms with E-state index in [0.29, 0.717) is 11.2 Å². The molecule has 0 spiro atoms. The molecule has 1 amide bonds. The van der Waals surface area contributed by atoms with Gasteiger partial charge in [-0.25, -0.2) is 4.98 Å². The van der Waals surface area contributed by atoms with E-state index >= 15 is 0 Å². The number of rotatable bonds is 2. The number of pyridine rings is 1. The lowest BCUT2D eigenvalue weighted by Gasteiger charge is -2.08. The molecule has 0 fully saturated rings. The average Bonchev–Trinajstić information content (AvgIpc) is 2.91. The molecule has 4 nitrogen and oxygen atoms in total. The molecule has 100 valence electrons. The van der Waals surface area contributed by atoms with E-state index in [9.17, 15) is 4.79 Å². The number of aromatic nitrogens is 2. The van der Waals surface area contributed by atoms with Crippen LogP contribution in [0.5, 0.6) is 0 Å². The summed E-state index contributed by atoms with van der Waals surface area (Å²) in [6, 6.07) is 9.30. The van der Waals surface area contributed by atoms with Gasteiger partial charge in [0.05, 0.1) is 5.56 Å². The van der Waals surface area contributed by atoms with E-state index in [-0.39, 0.29) is 5.91 Å². The number of hydrogen-bond acceptors (Lipinski definition) is 2.